The van der Waals surface area contributed by atoms with Gasteiger partial charge in [0.25, 0.3) is 0 Å². The first-order chi connectivity index (χ1) is 14.4. The summed E-state index contributed by atoms with van der Waals surface area (Å²) in [4.78, 5) is 11.3. The van der Waals surface area contributed by atoms with Crippen molar-refractivity contribution in [3.8, 4) is 0 Å². The molecule has 5 aliphatic rings. The molecule has 0 bridgehead atoms. The third-order valence-corrected chi connectivity index (χ3v) is 7.71. The predicted molar refractivity (Wildman–Crippen MR) is 112 cm³/mol. The monoisotopic (exact) mass is 408 g/mol. The molecule has 5 fully saturated rings. The maximum atomic E-state index is 6.09. The number of rotatable bonds is 5. The number of ether oxygens (including phenoxy) is 1. The smallest absolute Gasteiger partial charge is 0.146 e. The van der Waals surface area contributed by atoms with Crippen LogP contribution < -0.4 is 21.4 Å². The van der Waals surface area contributed by atoms with Crippen LogP contribution in [0.1, 0.15) is 38.5 Å². The number of morpholine rings is 1. The molecule has 0 aromatic heterocycles. The molecule has 0 amide bonds. The third-order valence-electron chi connectivity index (χ3n) is 7.71. The molecule has 5 rings (SSSR count). The molecular formula is C21H40N6O2. The molecule has 5 saturated heterocycles. The molecule has 6 atom stereocenters. The second-order valence-electron chi connectivity index (χ2n) is 9.63. The molecule has 166 valence electrons. The first-order valence-corrected chi connectivity index (χ1v) is 12.0. The average molecular weight is 409 g/mol. The highest BCUT2D eigenvalue weighted by molar-refractivity contribution is 4.92. The number of nitrogens with one attached hydrogen (secondary N) is 4. The van der Waals surface area contributed by atoms with E-state index >= 15 is 0 Å². The maximum absolute atomic E-state index is 6.09. The normalized spacial score (nSPS) is 43.0. The summed E-state index contributed by atoms with van der Waals surface area (Å²) < 4.78 is 5.50. The number of likely N-dealkylation sites (tertiary alicyclic amines) is 1. The van der Waals surface area contributed by atoms with Gasteiger partial charge < -0.3 is 15.4 Å². The molecule has 5 heterocycles. The fourth-order valence-corrected chi connectivity index (χ4v) is 6.00. The van der Waals surface area contributed by atoms with Crippen molar-refractivity contribution in [1.29, 1.82) is 0 Å². The summed E-state index contributed by atoms with van der Waals surface area (Å²) in [5.74, 6) is 1.38. The Morgan fingerprint density at radius 3 is 2.66 bits per heavy atom. The van der Waals surface area contributed by atoms with Crippen LogP contribution in [0.3, 0.4) is 0 Å². The van der Waals surface area contributed by atoms with E-state index in [4.69, 9.17) is 9.57 Å². The Balaban J connectivity index is 1.09. The van der Waals surface area contributed by atoms with Crippen molar-refractivity contribution in [2.45, 2.75) is 63.1 Å². The number of piperidine rings is 2. The lowest BCUT2D eigenvalue weighted by Gasteiger charge is -2.40. The van der Waals surface area contributed by atoms with Crippen LogP contribution in [-0.2, 0) is 9.57 Å². The van der Waals surface area contributed by atoms with Gasteiger partial charge in [-0.15, -0.1) is 0 Å². The number of nitrogens with zero attached hydrogens (tertiary/aromatic N) is 2. The van der Waals surface area contributed by atoms with Crippen LogP contribution in [0, 0.1) is 11.8 Å². The van der Waals surface area contributed by atoms with E-state index in [-0.39, 0.29) is 12.4 Å². The predicted octanol–water partition coefficient (Wildman–Crippen LogP) is -0.115. The van der Waals surface area contributed by atoms with E-state index in [1.807, 2.05) is 0 Å². The van der Waals surface area contributed by atoms with Gasteiger partial charge in [0.2, 0.25) is 0 Å². The lowest BCUT2D eigenvalue weighted by atomic mass is 9.94. The number of hydrogen-bond donors (Lipinski definition) is 4. The van der Waals surface area contributed by atoms with E-state index in [2.05, 4.69) is 31.2 Å². The Hall–Kier alpha value is -0.320. The molecule has 0 aromatic carbocycles. The summed E-state index contributed by atoms with van der Waals surface area (Å²) in [5, 5.41) is 11.1. The topological polar surface area (TPSA) is 73.1 Å². The molecule has 0 saturated carbocycles. The van der Waals surface area contributed by atoms with Gasteiger partial charge in [-0.3, -0.25) is 20.0 Å². The van der Waals surface area contributed by atoms with Gasteiger partial charge in [0.15, 0.2) is 0 Å². The van der Waals surface area contributed by atoms with Gasteiger partial charge in [-0.05, 0) is 64.1 Å². The van der Waals surface area contributed by atoms with Gasteiger partial charge in [-0.1, -0.05) is 0 Å². The first-order valence-electron chi connectivity index (χ1n) is 12.0. The van der Waals surface area contributed by atoms with E-state index in [1.165, 1.54) is 64.7 Å². The van der Waals surface area contributed by atoms with Crippen molar-refractivity contribution >= 4 is 0 Å². The number of hydroxylamine groups is 1. The molecule has 4 N–H and O–H groups in total. The zero-order valence-electron chi connectivity index (χ0n) is 17.8. The molecule has 8 heteroatoms. The number of hydrogen-bond acceptors (Lipinski definition) is 8. The van der Waals surface area contributed by atoms with Crippen molar-refractivity contribution in [3.05, 3.63) is 0 Å². The quantitative estimate of drug-likeness (QED) is 0.502. The van der Waals surface area contributed by atoms with Crippen LogP contribution in [-0.4, -0.2) is 93.4 Å². The molecule has 0 radical (unpaired) electrons. The van der Waals surface area contributed by atoms with Crippen LogP contribution in [0.15, 0.2) is 0 Å². The fourth-order valence-electron chi connectivity index (χ4n) is 6.00. The van der Waals surface area contributed by atoms with Gasteiger partial charge in [-0.2, -0.15) is 5.48 Å². The molecule has 5 aliphatic heterocycles. The minimum Gasteiger partial charge on any atom is -0.379 e. The van der Waals surface area contributed by atoms with Gasteiger partial charge in [-0.25, -0.2) is 0 Å². The summed E-state index contributed by atoms with van der Waals surface area (Å²) in [7, 11) is 0. The Labute approximate surface area is 175 Å². The Bertz CT molecular complexity index is 505. The second-order valence-corrected chi connectivity index (χ2v) is 9.63. The summed E-state index contributed by atoms with van der Waals surface area (Å²) in [6.45, 7) is 9.72. The molecule has 8 nitrogen and oxygen atoms in total. The zero-order valence-corrected chi connectivity index (χ0v) is 17.8. The minimum absolute atomic E-state index is 0.121. The van der Waals surface area contributed by atoms with Crippen molar-refractivity contribution in [2.24, 2.45) is 11.8 Å². The standard InChI is InChI=1S/C21H40N6O2/c1-3-16(13-22-7-1)15-27-8-2-4-18(27)21-24-20(25-29-21)17-5-6-19(23-14-17)26-9-11-28-12-10-26/h16-25H,1-15H2. The lowest BCUT2D eigenvalue weighted by Crippen LogP contribution is -2.57. The van der Waals surface area contributed by atoms with E-state index in [0.29, 0.717) is 18.1 Å². The lowest BCUT2D eigenvalue weighted by molar-refractivity contribution is -0.0286. The maximum Gasteiger partial charge on any atom is 0.146 e. The van der Waals surface area contributed by atoms with E-state index in [1.54, 1.807) is 0 Å². The van der Waals surface area contributed by atoms with Gasteiger partial charge >= 0.3 is 0 Å². The highest BCUT2D eigenvalue weighted by atomic mass is 16.7. The molecule has 0 aliphatic carbocycles. The molecule has 0 spiro atoms. The summed E-state index contributed by atoms with van der Waals surface area (Å²) >= 11 is 0. The first kappa shape index (κ1) is 20.6. The zero-order chi connectivity index (χ0) is 19.5. The molecule has 6 unspecified atom stereocenters. The van der Waals surface area contributed by atoms with Crippen LogP contribution >= 0.6 is 0 Å². The van der Waals surface area contributed by atoms with Gasteiger partial charge in [0.05, 0.1) is 31.6 Å². The second kappa shape index (κ2) is 9.87. The average Bonchev–Trinajstić information content (AvgIpc) is 3.45. The van der Waals surface area contributed by atoms with E-state index < -0.39 is 0 Å². The molecule has 0 aromatic rings. The van der Waals surface area contributed by atoms with Crippen molar-refractivity contribution in [3.63, 3.8) is 0 Å². The minimum atomic E-state index is 0.121. The largest absolute Gasteiger partial charge is 0.379 e. The summed E-state index contributed by atoms with van der Waals surface area (Å²) in [5.41, 5.74) is 3.35. The highest BCUT2D eigenvalue weighted by Crippen LogP contribution is 2.27. The van der Waals surface area contributed by atoms with Crippen LogP contribution in [0.4, 0.5) is 0 Å². The van der Waals surface area contributed by atoms with Crippen molar-refractivity contribution in [2.75, 3.05) is 59.0 Å². The summed E-state index contributed by atoms with van der Waals surface area (Å²) in [6.07, 6.45) is 8.57. The Kier molecular flexibility index (Phi) is 7.00. The fraction of sp³-hybridized carbons (Fsp3) is 1.00. The third kappa shape index (κ3) is 4.96. The van der Waals surface area contributed by atoms with Gasteiger partial charge in [0, 0.05) is 32.1 Å². The van der Waals surface area contributed by atoms with Crippen molar-refractivity contribution in [1.82, 2.24) is 31.2 Å². The van der Waals surface area contributed by atoms with Gasteiger partial charge in [0.1, 0.15) is 6.23 Å². The highest BCUT2D eigenvalue weighted by Gasteiger charge is 2.41. The Morgan fingerprint density at radius 1 is 0.931 bits per heavy atom. The van der Waals surface area contributed by atoms with Crippen LogP contribution in [0.5, 0.6) is 0 Å². The Morgan fingerprint density at radius 2 is 1.86 bits per heavy atom. The van der Waals surface area contributed by atoms with Crippen molar-refractivity contribution < 1.29 is 9.57 Å². The SMILES string of the molecule is C1CNCC(CN2CCCC2C2NC(C3CCC(N4CCOCC4)NC3)NO2)C1. The molecule has 29 heavy (non-hydrogen) atoms. The molecular weight excluding hydrogens is 368 g/mol. The van der Waals surface area contributed by atoms with E-state index in [9.17, 15) is 0 Å². The van der Waals surface area contributed by atoms with Crippen LogP contribution in [0.2, 0.25) is 0 Å². The van der Waals surface area contributed by atoms with E-state index in [0.717, 1.165) is 38.8 Å². The van der Waals surface area contributed by atoms with Crippen LogP contribution in [0.25, 0.3) is 0 Å². The summed E-state index contributed by atoms with van der Waals surface area (Å²) in [6, 6.07) is 0.507.